The van der Waals surface area contributed by atoms with Gasteiger partial charge in [-0.05, 0) is 70.4 Å². The van der Waals surface area contributed by atoms with Gasteiger partial charge in [-0.1, -0.05) is 20.8 Å². The molecule has 3 heteroatoms. The van der Waals surface area contributed by atoms with Gasteiger partial charge in [0.25, 0.3) is 0 Å². The van der Waals surface area contributed by atoms with Gasteiger partial charge in [0.05, 0.1) is 6.07 Å². The number of rotatable bonds is 5. The Labute approximate surface area is 131 Å². The molecular formula is C18H33N3. The minimum Gasteiger partial charge on any atom is -0.301 e. The van der Waals surface area contributed by atoms with Crippen molar-refractivity contribution in [3.63, 3.8) is 0 Å². The highest BCUT2D eigenvalue weighted by atomic mass is 15.2. The van der Waals surface area contributed by atoms with Gasteiger partial charge in [-0.3, -0.25) is 5.32 Å². The number of likely N-dealkylation sites (tertiary alicyclic amines) is 1. The van der Waals surface area contributed by atoms with Crippen LogP contribution in [0.5, 0.6) is 0 Å². The molecule has 2 unspecified atom stereocenters. The van der Waals surface area contributed by atoms with Crippen LogP contribution in [-0.2, 0) is 0 Å². The molecule has 0 aromatic heterocycles. The highest BCUT2D eigenvalue weighted by Crippen LogP contribution is 2.35. The van der Waals surface area contributed by atoms with Crippen LogP contribution in [0.15, 0.2) is 0 Å². The zero-order valence-corrected chi connectivity index (χ0v) is 14.6. The van der Waals surface area contributed by atoms with Crippen LogP contribution >= 0.6 is 0 Å². The molecule has 1 N–H and O–H groups in total. The monoisotopic (exact) mass is 291 g/mol. The van der Waals surface area contributed by atoms with Crippen molar-refractivity contribution in [2.75, 3.05) is 13.1 Å². The van der Waals surface area contributed by atoms with Crippen molar-refractivity contribution in [2.24, 2.45) is 11.3 Å². The summed E-state index contributed by atoms with van der Waals surface area (Å²) in [5.41, 5.74) is 0.0749. The predicted octanol–water partition coefficient (Wildman–Crippen LogP) is 3.56. The Balaban J connectivity index is 1.84. The third kappa shape index (κ3) is 4.69. The summed E-state index contributed by atoms with van der Waals surface area (Å²) in [6, 6.07) is 3.59. The molecule has 21 heavy (non-hydrogen) atoms. The van der Waals surface area contributed by atoms with Crippen molar-refractivity contribution in [1.29, 1.82) is 5.26 Å². The molecule has 120 valence electrons. The van der Waals surface area contributed by atoms with E-state index in [1.807, 2.05) is 0 Å². The highest BCUT2D eigenvalue weighted by Gasteiger charge is 2.36. The molecule has 0 amide bonds. The standard InChI is InChI=1S/C18H33N3/c1-14(12-18(5,13-19)20-16-6-7-16)21-10-8-15(9-11-21)17(2,3)4/h14-16,20H,6-12H2,1-5H3. The van der Waals surface area contributed by atoms with Gasteiger partial charge in [-0.15, -0.1) is 0 Å². The average molecular weight is 291 g/mol. The molecule has 2 rings (SSSR count). The van der Waals surface area contributed by atoms with Gasteiger partial charge in [0, 0.05) is 12.1 Å². The van der Waals surface area contributed by atoms with E-state index in [1.165, 1.54) is 38.8 Å². The van der Waals surface area contributed by atoms with Gasteiger partial charge in [0.2, 0.25) is 0 Å². The van der Waals surface area contributed by atoms with Crippen LogP contribution in [0, 0.1) is 22.7 Å². The summed E-state index contributed by atoms with van der Waals surface area (Å²) < 4.78 is 0. The minimum absolute atomic E-state index is 0.360. The first-order valence-electron chi connectivity index (χ1n) is 8.66. The summed E-state index contributed by atoms with van der Waals surface area (Å²) in [4.78, 5) is 2.59. The molecule has 1 aliphatic carbocycles. The molecule has 1 heterocycles. The van der Waals surface area contributed by atoms with Gasteiger partial charge >= 0.3 is 0 Å². The fraction of sp³-hybridized carbons (Fsp3) is 0.944. The van der Waals surface area contributed by atoms with Crippen LogP contribution in [0.3, 0.4) is 0 Å². The quantitative estimate of drug-likeness (QED) is 0.842. The van der Waals surface area contributed by atoms with E-state index in [1.54, 1.807) is 0 Å². The third-order valence-corrected chi connectivity index (χ3v) is 5.43. The lowest BCUT2D eigenvalue weighted by molar-refractivity contribution is 0.0783. The second-order valence-electron chi connectivity index (χ2n) is 8.59. The lowest BCUT2D eigenvalue weighted by Gasteiger charge is -2.42. The summed E-state index contributed by atoms with van der Waals surface area (Å²) in [5.74, 6) is 0.841. The maximum Gasteiger partial charge on any atom is 0.105 e. The number of hydrogen-bond acceptors (Lipinski definition) is 3. The predicted molar refractivity (Wildman–Crippen MR) is 88.0 cm³/mol. The van der Waals surface area contributed by atoms with E-state index < -0.39 is 0 Å². The Kier molecular flexibility index (Phi) is 5.00. The number of nitriles is 1. The van der Waals surface area contributed by atoms with Gasteiger partial charge in [0.15, 0.2) is 0 Å². The molecule has 1 saturated heterocycles. The van der Waals surface area contributed by atoms with Crippen LogP contribution in [0.1, 0.15) is 66.7 Å². The maximum absolute atomic E-state index is 9.53. The van der Waals surface area contributed by atoms with E-state index in [9.17, 15) is 5.26 Å². The van der Waals surface area contributed by atoms with Crippen LogP contribution < -0.4 is 5.32 Å². The first-order valence-corrected chi connectivity index (χ1v) is 8.66. The molecule has 1 aliphatic heterocycles. The zero-order valence-electron chi connectivity index (χ0n) is 14.6. The largest absolute Gasteiger partial charge is 0.301 e. The smallest absolute Gasteiger partial charge is 0.105 e. The molecule has 0 bridgehead atoms. The molecular weight excluding hydrogens is 258 g/mol. The van der Waals surface area contributed by atoms with Crippen LogP contribution in [0.2, 0.25) is 0 Å². The van der Waals surface area contributed by atoms with Gasteiger partial charge < -0.3 is 4.90 Å². The van der Waals surface area contributed by atoms with Gasteiger partial charge in [0.1, 0.15) is 5.54 Å². The third-order valence-electron chi connectivity index (χ3n) is 5.43. The number of piperidine rings is 1. The molecule has 0 aromatic carbocycles. The lowest BCUT2D eigenvalue weighted by atomic mass is 9.75. The van der Waals surface area contributed by atoms with Crippen molar-refractivity contribution in [1.82, 2.24) is 10.2 Å². The molecule has 0 aromatic rings. The van der Waals surface area contributed by atoms with Crippen molar-refractivity contribution >= 4 is 0 Å². The topological polar surface area (TPSA) is 39.1 Å². The second-order valence-corrected chi connectivity index (χ2v) is 8.59. The molecule has 2 atom stereocenters. The van der Waals surface area contributed by atoms with Crippen LogP contribution in [0.4, 0.5) is 0 Å². The summed E-state index contributed by atoms with van der Waals surface area (Å²) in [6.07, 6.45) is 6.01. The molecule has 2 aliphatic rings. The molecule has 0 radical (unpaired) electrons. The van der Waals surface area contributed by atoms with Crippen molar-refractivity contribution in [3.8, 4) is 6.07 Å². The Morgan fingerprint density at radius 1 is 1.14 bits per heavy atom. The first-order chi connectivity index (χ1) is 9.73. The SMILES string of the molecule is CC(CC(C)(C#N)NC1CC1)N1CCC(C(C)(C)C)CC1. The van der Waals surface area contributed by atoms with Crippen molar-refractivity contribution < 1.29 is 0 Å². The average Bonchev–Trinajstić information content (AvgIpc) is 3.21. The summed E-state index contributed by atoms with van der Waals surface area (Å²) >= 11 is 0. The fourth-order valence-electron chi connectivity index (χ4n) is 3.74. The highest BCUT2D eigenvalue weighted by molar-refractivity contribution is 5.08. The Hall–Kier alpha value is -0.590. The first kappa shape index (κ1) is 16.8. The van der Waals surface area contributed by atoms with Crippen molar-refractivity contribution in [3.05, 3.63) is 0 Å². The molecule has 1 saturated carbocycles. The summed E-state index contributed by atoms with van der Waals surface area (Å²) in [5, 5.41) is 13.1. The van der Waals surface area contributed by atoms with E-state index in [-0.39, 0.29) is 5.54 Å². The summed E-state index contributed by atoms with van der Waals surface area (Å²) in [7, 11) is 0. The molecule has 2 fully saturated rings. The molecule has 0 spiro atoms. The lowest BCUT2D eigenvalue weighted by Crippen LogP contribution is -2.50. The van der Waals surface area contributed by atoms with E-state index in [4.69, 9.17) is 0 Å². The Morgan fingerprint density at radius 3 is 2.14 bits per heavy atom. The summed E-state index contributed by atoms with van der Waals surface area (Å²) in [6.45, 7) is 13.8. The van der Waals surface area contributed by atoms with Gasteiger partial charge in [-0.25, -0.2) is 0 Å². The van der Waals surface area contributed by atoms with E-state index >= 15 is 0 Å². The van der Waals surface area contributed by atoms with E-state index in [0.717, 1.165) is 12.3 Å². The maximum atomic E-state index is 9.53. The minimum atomic E-state index is -0.360. The molecule has 3 nitrogen and oxygen atoms in total. The van der Waals surface area contributed by atoms with E-state index in [2.05, 4.69) is 50.9 Å². The van der Waals surface area contributed by atoms with Crippen LogP contribution in [0.25, 0.3) is 0 Å². The van der Waals surface area contributed by atoms with E-state index in [0.29, 0.717) is 17.5 Å². The number of nitrogens with one attached hydrogen (secondary N) is 1. The normalized spacial score (nSPS) is 26.1. The van der Waals surface area contributed by atoms with Gasteiger partial charge in [-0.2, -0.15) is 5.26 Å². The second kappa shape index (κ2) is 6.26. The van der Waals surface area contributed by atoms with Crippen LogP contribution in [-0.4, -0.2) is 35.6 Å². The fourth-order valence-corrected chi connectivity index (χ4v) is 3.74. The Bertz CT molecular complexity index is 380. The zero-order chi connectivity index (χ0) is 15.7. The number of nitrogens with zero attached hydrogens (tertiary/aromatic N) is 2. The number of hydrogen-bond donors (Lipinski definition) is 1. The Morgan fingerprint density at radius 2 is 1.71 bits per heavy atom. The van der Waals surface area contributed by atoms with Crippen molar-refractivity contribution in [2.45, 2.75) is 84.3 Å².